The highest BCUT2D eigenvalue weighted by Crippen LogP contribution is 2.19. The van der Waals surface area contributed by atoms with E-state index in [0.717, 1.165) is 5.57 Å². The molecular weight excluding hydrogens is 170 g/mol. The van der Waals surface area contributed by atoms with Crippen LogP contribution in [0, 0.1) is 0 Å². The Morgan fingerprint density at radius 2 is 2.15 bits per heavy atom. The molecule has 2 aliphatic rings. The van der Waals surface area contributed by atoms with Crippen molar-refractivity contribution in [3.05, 3.63) is 23.9 Å². The largest absolute Gasteiger partial charge is 0.370 e. The second kappa shape index (κ2) is 3.49. The number of hydrogen-bond donors (Lipinski definition) is 1. The van der Waals surface area contributed by atoms with Crippen LogP contribution in [0.4, 0.5) is 0 Å². The molecule has 0 spiro atoms. The highest BCUT2D eigenvalue weighted by Gasteiger charge is 2.22. The van der Waals surface area contributed by atoms with E-state index in [1.54, 1.807) is 11.0 Å². The van der Waals surface area contributed by atoms with E-state index in [0.29, 0.717) is 13.2 Å². The van der Waals surface area contributed by atoms with Gasteiger partial charge in [-0.05, 0) is 6.08 Å². The summed E-state index contributed by atoms with van der Waals surface area (Å²) in [6, 6.07) is 0. The SMILES string of the molecule is CN1C=C(C2OCCO2)C=CC1O. The van der Waals surface area contributed by atoms with Crippen LogP contribution in [0.25, 0.3) is 0 Å². The first kappa shape index (κ1) is 8.74. The Kier molecular flexibility index (Phi) is 2.35. The smallest absolute Gasteiger partial charge is 0.185 e. The van der Waals surface area contributed by atoms with Crippen LogP contribution >= 0.6 is 0 Å². The quantitative estimate of drug-likeness (QED) is 0.624. The van der Waals surface area contributed by atoms with Gasteiger partial charge in [0.2, 0.25) is 0 Å². The Hall–Kier alpha value is -0.840. The summed E-state index contributed by atoms with van der Waals surface area (Å²) in [5.74, 6) is 0. The summed E-state index contributed by atoms with van der Waals surface area (Å²) in [6.45, 7) is 1.28. The summed E-state index contributed by atoms with van der Waals surface area (Å²) < 4.78 is 10.7. The fourth-order valence-corrected chi connectivity index (χ4v) is 1.38. The standard InChI is InChI=1S/C9H13NO3/c1-10-6-7(2-3-8(10)11)9-12-4-5-13-9/h2-3,6,8-9,11H,4-5H2,1H3. The number of aliphatic hydroxyl groups is 1. The molecule has 0 saturated carbocycles. The predicted octanol–water partition coefficient (Wildman–Crippen LogP) is 0.0632. The lowest BCUT2D eigenvalue weighted by Crippen LogP contribution is -2.29. The Morgan fingerprint density at radius 3 is 2.77 bits per heavy atom. The van der Waals surface area contributed by atoms with Gasteiger partial charge < -0.3 is 19.5 Å². The number of aliphatic hydroxyl groups excluding tert-OH is 1. The maximum absolute atomic E-state index is 9.35. The van der Waals surface area contributed by atoms with Crippen molar-refractivity contribution in [2.75, 3.05) is 20.3 Å². The maximum Gasteiger partial charge on any atom is 0.185 e. The molecule has 0 aliphatic carbocycles. The van der Waals surface area contributed by atoms with Crippen molar-refractivity contribution in [3.63, 3.8) is 0 Å². The predicted molar refractivity (Wildman–Crippen MR) is 46.7 cm³/mol. The van der Waals surface area contributed by atoms with Gasteiger partial charge in [-0.2, -0.15) is 0 Å². The van der Waals surface area contributed by atoms with Crippen molar-refractivity contribution in [1.29, 1.82) is 0 Å². The molecule has 0 bridgehead atoms. The third-order valence-electron chi connectivity index (χ3n) is 2.12. The fourth-order valence-electron chi connectivity index (χ4n) is 1.38. The number of rotatable bonds is 1. The normalized spacial score (nSPS) is 29.5. The summed E-state index contributed by atoms with van der Waals surface area (Å²) in [5.41, 5.74) is 0.949. The zero-order chi connectivity index (χ0) is 9.26. The van der Waals surface area contributed by atoms with Crippen LogP contribution in [0.2, 0.25) is 0 Å². The third-order valence-corrected chi connectivity index (χ3v) is 2.12. The molecule has 13 heavy (non-hydrogen) atoms. The molecular formula is C9H13NO3. The van der Waals surface area contributed by atoms with E-state index < -0.39 is 6.23 Å². The molecule has 2 rings (SSSR count). The molecule has 72 valence electrons. The van der Waals surface area contributed by atoms with Gasteiger partial charge in [0, 0.05) is 18.8 Å². The molecule has 0 aromatic heterocycles. The number of ether oxygens (including phenoxy) is 2. The van der Waals surface area contributed by atoms with Crippen LogP contribution in [0.5, 0.6) is 0 Å². The molecule has 1 N–H and O–H groups in total. The van der Waals surface area contributed by atoms with Gasteiger partial charge in [0.1, 0.15) is 6.23 Å². The van der Waals surface area contributed by atoms with E-state index in [9.17, 15) is 5.11 Å². The molecule has 4 nitrogen and oxygen atoms in total. The van der Waals surface area contributed by atoms with Crippen LogP contribution in [0.15, 0.2) is 23.9 Å². The van der Waals surface area contributed by atoms with E-state index in [1.165, 1.54) is 0 Å². The first-order valence-corrected chi connectivity index (χ1v) is 4.30. The van der Waals surface area contributed by atoms with Gasteiger partial charge in [0.05, 0.1) is 13.2 Å². The molecule has 1 atom stereocenters. The van der Waals surface area contributed by atoms with E-state index in [-0.39, 0.29) is 6.29 Å². The Labute approximate surface area is 77.0 Å². The van der Waals surface area contributed by atoms with Gasteiger partial charge in [-0.15, -0.1) is 0 Å². The van der Waals surface area contributed by atoms with Gasteiger partial charge in [-0.25, -0.2) is 0 Å². The van der Waals surface area contributed by atoms with Crippen molar-refractivity contribution >= 4 is 0 Å². The number of likely N-dealkylation sites (N-methyl/N-ethyl adjacent to an activating group) is 1. The lowest BCUT2D eigenvalue weighted by Gasteiger charge is -2.25. The van der Waals surface area contributed by atoms with E-state index in [2.05, 4.69) is 0 Å². The van der Waals surface area contributed by atoms with Crippen molar-refractivity contribution in [3.8, 4) is 0 Å². The van der Waals surface area contributed by atoms with Crippen LogP contribution < -0.4 is 0 Å². The molecule has 2 heterocycles. The summed E-state index contributed by atoms with van der Waals surface area (Å²) in [6.07, 6.45) is 4.58. The minimum absolute atomic E-state index is 0.258. The number of nitrogens with zero attached hydrogens (tertiary/aromatic N) is 1. The average molecular weight is 183 g/mol. The Bertz CT molecular complexity index is 243. The minimum atomic E-state index is -0.537. The third kappa shape index (κ3) is 1.75. The zero-order valence-electron chi connectivity index (χ0n) is 7.51. The van der Waals surface area contributed by atoms with Crippen molar-refractivity contribution in [1.82, 2.24) is 4.90 Å². The Balaban J connectivity index is 2.07. The van der Waals surface area contributed by atoms with Crippen LogP contribution in [0.1, 0.15) is 0 Å². The fraction of sp³-hybridized carbons (Fsp3) is 0.556. The summed E-state index contributed by atoms with van der Waals surface area (Å²) >= 11 is 0. The first-order chi connectivity index (χ1) is 6.27. The second-order valence-corrected chi connectivity index (χ2v) is 3.14. The molecule has 1 unspecified atom stereocenters. The van der Waals surface area contributed by atoms with E-state index in [4.69, 9.17) is 9.47 Å². The summed E-state index contributed by atoms with van der Waals surface area (Å²) in [4.78, 5) is 1.71. The minimum Gasteiger partial charge on any atom is -0.370 e. The number of hydrogen-bond acceptors (Lipinski definition) is 4. The molecule has 0 aromatic carbocycles. The molecule has 1 fully saturated rings. The maximum atomic E-state index is 9.35. The van der Waals surface area contributed by atoms with E-state index >= 15 is 0 Å². The highest BCUT2D eigenvalue weighted by atomic mass is 16.7. The molecule has 0 radical (unpaired) electrons. The monoisotopic (exact) mass is 183 g/mol. The van der Waals surface area contributed by atoms with Crippen LogP contribution in [-0.4, -0.2) is 42.8 Å². The van der Waals surface area contributed by atoms with Crippen molar-refractivity contribution in [2.24, 2.45) is 0 Å². The van der Waals surface area contributed by atoms with Crippen molar-refractivity contribution in [2.45, 2.75) is 12.5 Å². The van der Waals surface area contributed by atoms with Gasteiger partial charge in [-0.3, -0.25) is 0 Å². The van der Waals surface area contributed by atoms with Gasteiger partial charge in [0.25, 0.3) is 0 Å². The molecule has 0 amide bonds. The first-order valence-electron chi connectivity index (χ1n) is 4.30. The van der Waals surface area contributed by atoms with Gasteiger partial charge >= 0.3 is 0 Å². The zero-order valence-corrected chi connectivity index (χ0v) is 7.51. The van der Waals surface area contributed by atoms with E-state index in [1.807, 2.05) is 19.3 Å². The lowest BCUT2D eigenvalue weighted by atomic mass is 10.2. The highest BCUT2D eigenvalue weighted by molar-refractivity contribution is 5.25. The van der Waals surface area contributed by atoms with Crippen LogP contribution in [-0.2, 0) is 9.47 Å². The van der Waals surface area contributed by atoms with Gasteiger partial charge in [0.15, 0.2) is 6.29 Å². The molecule has 0 aromatic rings. The average Bonchev–Trinajstić information content (AvgIpc) is 2.62. The topological polar surface area (TPSA) is 41.9 Å². The molecule has 2 aliphatic heterocycles. The van der Waals surface area contributed by atoms with Crippen molar-refractivity contribution < 1.29 is 14.6 Å². The van der Waals surface area contributed by atoms with Gasteiger partial charge in [-0.1, -0.05) is 6.08 Å². The molecule has 1 saturated heterocycles. The van der Waals surface area contributed by atoms with Crippen LogP contribution in [0.3, 0.4) is 0 Å². The second-order valence-electron chi connectivity index (χ2n) is 3.14. The summed E-state index contributed by atoms with van der Waals surface area (Å²) in [5, 5.41) is 9.35. The lowest BCUT2D eigenvalue weighted by molar-refractivity contribution is -0.0119. The molecule has 4 heteroatoms. The Morgan fingerprint density at radius 1 is 1.46 bits per heavy atom. The summed E-state index contributed by atoms with van der Waals surface area (Å²) in [7, 11) is 1.81.